The van der Waals surface area contributed by atoms with Crippen LogP contribution in [0.25, 0.3) is 0 Å². The van der Waals surface area contributed by atoms with E-state index < -0.39 is 21.7 Å². The van der Waals surface area contributed by atoms with Crippen molar-refractivity contribution in [1.82, 2.24) is 10.0 Å². The number of nitrogens with one attached hydrogen (secondary N) is 2. The summed E-state index contributed by atoms with van der Waals surface area (Å²) in [6, 6.07) is 3.50. The molecule has 2 saturated carbocycles. The second-order valence-electron chi connectivity index (χ2n) is 5.56. The number of halogens is 3. The Morgan fingerprint density at radius 3 is 2.48 bits per heavy atom. The van der Waals surface area contributed by atoms with Crippen molar-refractivity contribution in [2.75, 3.05) is 0 Å². The summed E-state index contributed by atoms with van der Waals surface area (Å²) in [7, 11) is -4.12. The maximum Gasteiger partial charge on any atom is 0.407 e. The van der Waals surface area contributed by atoms with Crippen LogP contribution in [0.5, 0.6) is 0 Å². The average molecular weight is 340 g/mol. The molecule has 9 heteroatoms. The van der Waals surface area contributed by atoms with Crippen LogP contribution < -0.4 is 10.0 Å². The number of sulfonamides is 1. The predicted octanol–water partition coefficient (Wildman–Crippen LogP) is 2.37. The van der Waals surface area contributed by atoms with Crippen LogP contribution in [-0.2, 0) is 16.6 Å². The first-order chi connectivity index (χ1) is 9.72. The lowest BCUT2D eigenvalue weighted by atomic mass is 10.3. The van der Waals surface area contributed by atoms with E-state index in [1.54, 1.807) is 6.07 Å². The molecule has 2 fully saturated rings. The molecule has 0 radical (unpaired) electrons. The molecule has 2 aliphatic rings. The molecule has 1 aromatic heterocycles. The van der Waals surface area contributed by atoms with E-state index in [-0.39, 0.29) is 17.1 Å². The Kier molecular flexibility index (Phi) is 3.59. The molecule has 0 atom stereocenters. The molecule has 3 rings (SSSR count). The molecular weight excluding hydrogens is 325 g/mol. The van der Waals surface area contributed by atoms with Gasteiger partial charge in [-0.15, -0.1) is 11.3 Å². The van der Waals surface area contributed by atoms with E-state index in [9.17, 15) is 21.6 Å². The van der Waals surface area contributed by atoms with Crippen LogP contribution >= 0.6 is 11.3 Å². The van der Waals surface area contributed by atoms with E-state index in [4.69, 9.17) is 0 Å². The van der Waals surface area contributed by atoms with Crippen molar-refractivity contribution in [2.24, 2.45) is 0 Å². The summed E-state index contributed by atoms with van der Waals surface area (Å²) in [5.74, 6) is 0. The molecule has 4 nitrogen and oxygen atoms in total. The third-order valence-corrected chi connectivity index (χ3v) is 6.78. The molecule has 1 aromatic rings. The van der Waals surface area contributed by atoms with Gasteiger partial charge in [0.15, 0.2) is 0 Å². The molecule has 0 aromatic carbocycles. The van der Waals surface area contributed by atoms with Gasteiger partial charge >= 0.3 is 6.18 Å². The molecule has 0 aliphatic heterocycles. The minimum Gasteiger partial charge on any atom is -0.309 e. The van der Waals surface area contributed by atoms with Crippen LogP contribution in [0.3, 0.4) is 0 Å². The van der Waals surface area contributed by atoms with Crippen molar-refractivity contribution in [3.8, 4) is 0 Å². The molecule has 0 saturated heterocycles. The average Bonchev–Trinajstić information content (AvgIpc) is 3.27. The van der Waals surface area contributed by atoms with E-state index in [2.05, 4.69) is 5.32 Å². The van der Waals surface area contributed by atoms with Gasteiger partial charge in [0.2, 0.25) is 0 Å². The van der Waals surface area contributed by atoms with Gasteiger partial charge in [-0.25, -0.2) is 8.42 Å². The SMILES string of the molecule is O=S(=O)(NC1(C(F)(F)F)CC1)c1ccc(CNC2CC2)s1. The second-order valence-corrected chi connectivity index (χ2v) is 8.64. The Balaban J connectivity index is 1.70. The number of hydrogen-bond acceptors (Lipinski definition) is 4. The Morgan fingerprint density at radius 1 is 1.29 bits per heavy atom. The lowest BCUT2D eigenvalue weighted by molar-refractivity contribution is -0.160. The van der Waals surface area contributed by atoms with Crippen molar-refractivity contribution in [3.63, 3.8) is 0 Å². The highest BCUT2D eigenvalue weighted by molar-refractivity contribution is 7.91. The van der Waals surface area contributed by atoms with Crippen LogP contribution in [0.2, 0.25) is 0 Å². The fourth-order valence-electron chi connectivity index (χ4n) is 2.01. The molecule has 0 amide bonds. The van der Waals surface area contributed by atoms with Gasteiger partial charge in [-0.1, -0.05) is 0 Å². The van der Waals surface area contributed by atoms with E-state index in [0.29, 0.717) is 12.6 Å². The van der Waals surface area contributed by atoms with Crippen molar-refractivity contribution in [1.29, 1.82) is 0 Å². The van der Waals surface area contributed by atoms with Crippen LogP contribution in [0, 0.1) is 0 Å². The Hall–Kier alpha value is -0.640. The first-order valence-electron chi connectivity index (χ1n) is 6.65. The van der Waals surface area contributed by atoms with E-state index >= 15 is 0 Å². The third kappa shape index (κ3) is 3.25. The Labute approximate surface area is 124 Å². The van der Waals surface area contributed by atoms with Gasteiger partial charge in [0.05, 0.1) is 0 Å². The third-order valence-electron chi connectivity index (χ3n) is 3.67. The first-order valence-corrected chi connectivity index (χ1v) is 8.95. The van der Waals surface area contributed by atoms with E-state index in [0.717, 1.165) is 29.1 Å². The summed E-state index contributed by atoms with van der Waals surface area (Å²) in [5, 5.41) is 3.24. The summed E-state index contributed by atoms with van der Waals surface area (Å²) in [5.41, 5.74) is -2.26. The highest BCUT2D eigenvalue weighted by Crippen LogP contribution is 2.49. The summed E-state index contributed by atoms with van der Waals surface area (Å²) in [6.07, 6.45) is -2.71. The normalized spacial score (nSPS) is 21.5. The van der Waals surface area contributed by atoms with Crippen molar-refractivity contribution in [3.05, 3.63) is 17.0 Å². The molecule has 2 aliphatic carbocycles. The van der Waals surface area contributed by atoms with Gasteiger partial charge in [-0.2, -0.15) is 17.9 Å². The van der Waals surface area contributed by atoms with Gasteiger partial charge in [-0.3, -0.25) is 0 Å². The quantitative estimate of drug-likeness (QED) is 0.836. The molecule has 1 heterocycles. The van der Waals surface area contributed by atoms with Crippen LogP contribution in [0.4, 0.5) is 13.2 Å². The van der Waals surface area contributed by atoms with E-state index in [1.807, 2.05) is 4.72 Å². The fourth-order valence-corrected chi connectivity index (χ4v) is 4.76. The minimum atomic E-state index is -4.55. The van der Waals surface area contributed by atoms with E-state index in [1.165, 1.54) is 6.07 Å². The zero-order valence-corrected chi connectivity index (χ0v) is 12.7. The van der Waals surface area contributed by atoms with Gasteiger partial charge in [-0.05, 0) is 37.8 Å². The number of hydrogen-bond donors (Lipinski definition) is 2. The highest BCUT2D eigenvalue weighted by Gasteiger charge is 2.65. The van der Waals surface area contributed by atoms with Crippen LogP contribution in [-0.4, -0.2) is 26.2 Å². The van der Waals surface area contributed by atoms with Crippen molar-refractivity contribution in [2.45, 2.75) is 54.2 Å². The smallest absolute Gasteiger partial charge is 0.309 e. The van der Waals surface area contributed by atoms with Gasteiger partial charge in [0, 0.05) is 17.5 Å². The molecule has 21 heavy (non-hydrogen) atoms. The molecule has 0 spiro atoms. The lowest BCUT2D eigenvalue weighted by Gasteiger charge is -2.19. The fraction of sp³-hybridized carbons (Fsp3) is 0.667. The number of alkyl halides is 3. The zero-order chi connectivity index (χ0) is 15.3. The summed E-state index contributed by atoms with van der Waals surface area (Å²) in [6.45, 7) is 0.551. The minimum absolute atomic E-state index is 0.0642. The van der Waals surface area contributed by atoms with Crippen molar-refractivity contribution >= 4 is 21.4 Å². The molecule has 0 unspecified atom stereocenters. The van der Waals surface area contributed by atoms with Gasteiger partial charge in [0.1, 0.15) is 9.75 Å². The topological polar surface area (TPSA) is 58.2 Å². The standard InChI is InChI=1S/C12H15F3N2O2S2/c13-12(14,15)11(5-6-11)17-21(18,19)10-4-3-9(20-10)7-16-8-1-2-8/h3-4,8,16-17H,1-2,5-7H2. The summed E-state index contributed by atoms with van der Waals surface area (Å²) < 4.78 is 64.4. The Bertz CT molecular complexity index is 631. The maximum absolute atomic E-state index is 12.8. The zero-order valence-electron chi connectivity index (χ0n) is 11.0. The molecule has 0 bridgehead atoms. The summed E-state index contributed by atoms with van der Waals surface area (Å²) in [4.78, 5) is 0.805. The molecule has 2 N–H and O–H groups in total. The summed E-state index contributed by atoms with van der Waals surface area (Å²) >= 11 is 1.01. The van der Waals surface area contributed by atoms with Crippen LogP contribution in [0.15, 0.2) is 16.3 Å². The van der Waals surface area contributed by atoms with Crippen LogP contribution in [0.1, 0.15) is 30.6 Å². The molecular formula is C12H15F3N2O2S2. The monoisotopic (exact) mass is 340 g/mol. The van der Waals surface area contributed by atoms with Gasteiger partial charge < -0.3 is 5.32 Å². The first kappa shape index (κ1) is 15.3. The predicted molar refractivity (Wildman–Crippen MR) is 72.5 cm³/mol. The van der Waals surface area contributed by atoms with Gasteiger partial charge in [0.25, 0.3) is 10.0 Å². The number of thiophene rings is 1. The highest BCUT2D eigenvalue weighted by atomic mass is 32.2. The Morgan fingerprint density at radius 2 is 1.95 bits per heavy atom. The van der Waals surface area contributed by atoms with Crippen molar-refractivity contribution < 1.29 is 21.6 Å². The largest absolute Gasteiger partial charge is 0.407 e. The second kappa shape index (κ2) is 4.94. The number of rotatable bonds is 6. The maximum atomic E-state index is 12.8. The molecule has 118 valence electrons. The lowest BCUT2D eigenvalue weighted by Crippen LogP contribution is -2.47.